The number of benzene rings is 2. The summed E-state index contributed by atoms with van der Waals surface area (Å²) in [6.45, 7) is 2.66. The minimum absolute atomic E-state index is 0.0932. The van der Waals surface area contributed by atoms with Crippen LogP contribution in [-0.4, -0.2) is 30.7 Å². The average Bonchev–Trinajstić information content (AvgIpc) is 2.60. The third-order valence-electron chi connectivity index (χ3n) is 3.46. The Kier molecular flexibility index (Phi) is 6.39. The molecule has 132 valence electrons. The van der Waals surface area contributed by atoms with Gasteiger partial charge in [-0.1, -0.05) is 19.1 Å². The highest BCUT2D eigenvalue weighted by Gasteiger charge is 2.12. The van der Waals surface area contributed by atoms with Crippen molar-refractivity contribution in [2.24, 2.45) is 0 Å². The number of ether oxygens (including phenoxy) is 2. The van der Waals surface area contributed by atoms with Crippen molar-refractivity contribution in [1.29, 1.82) is 0 Å². The van der Waals surface area contributed by atoms with Crippen molar-refractivity contribution in [1.82, 2.24) is 0 Å². The maximum Gasteiger partial charge on any atom is 0.335 e. The van der Waals surface area contributed by atoms with Crippen LogP contribution in [0.2, 0.25) is 0 Å². The van der Waals surface area contributed by atoms with Crippen LogP contribution in [-0.2, 0) is 11.2 Å². The fraction of sp³-hybridized carbons (Fsp3) is 0.263. The molecular weight excluding hydrogens is 322 g/mol. The summed E-state index contributed by atoms with van der Waals surface area (Å²) in [6, 6.07) is 11.7. The van der Waals surface area contributed by atoms with E-state index < -0.39 is 5.97 Å². The molecule has 0 heterocycles. The first-order valence-electron chi connectivity index (χ1n) is 7.96. The molecule has 0 fully saturated rings. The fourth-order valence-corrected chi connectivity index (χ4v) is 2.27. The van der Waals surface area contributed by atoms with Crippen molar-refractivity contribution in [3.8, 4) is 11.5 Å². The van der Waals surface area contributed by atoms with Gasteiger partial charge in [0.25, 0.3) is 0 Å². The minimum Gasteiger partial charge on any atom is -0.495 e. The number of methoxy groups -OCH3 is 1. The highest BCUT2D eigenvalue weighted by atomic mass is 16.5. The third-order valence-corrected chi connectivity index (χ3v) is 3.46. The lowest BCUT2D eigenvalue weighted by Crippen LogP contribution is -2.15. The molecule has 0 aliphatic carbocycles. The number of anilines is 1. The Morgan fingerprint density at radius 1 is 1.16 bits per heavy atom. The van der Waals surface area contributed by atoms with Gasteiger partial charge in [0.15, 0.2) is 0 Å². The van der Waals surface area contributed by atoms with Crippen molar-refractivity contribution in [3.05, 3.63) is 53.6 Å². The second-order valence-electron chi connectivity index (χ2n) is 5.44. The number of aromatic carboxylic acids is 1. The van der Waals surface area contributed by atoms with Crippen molar-refractivity contribution in [2.75, 3.05) is 19.0 Å². The number of carboxylic acid groups (broad SMARTS) is 1. The van der Waals surface area contributed by atoms with Gasteiger partial charge < -0.3 is 19.9 Å². The predicted molar refractivity (Wildman–Crippen MR) is 94.5 cm³/mol. The largest absolute Gasteiger partial charge is 0.495 e. The highest BCUT2D eigenvalue weighted by Crippen LogP contribution is 2.26. The van der Waals surface area contributed by atoms with E-state index in [1.54, 1.807) is 0 Å². The number of carbonyl (C=O) groups is 2. The molecule has 0 aromatic heterocycles. The molecule has 0 aliphatic rings. The van der Waals surface area contributed by atoms with E-state index in [4.69, 9.17) is 14.6 Å². The summed E-state index contributed by atoms with van der Waals surface area (Å²) in [6.07, 6.45) is 1.09. The molecule has 2 rings (SSSR count). The van der Waals surface area contributed by atoms with Crippen molar-refractivity contribution in [3.63, 3.8) is 0 Å². The molecule has 0 saturated heterocycles. The van der Waals surface area contributed by atoms with E-state index in [2.05, 4.69) is 5.32 Å². The van der Waals surface area contributed by atoms with Gasteiger partial charge in [-0.15, -0.1) is 0 Å². The molecule has 0 aliphatic heterocycles. The first-order valence-corrected chi connectivity index (χ1v) is 7.96. The van der Waals surface area contributed by atoms with Gasteiger partial charge in [0, 0.05) is 0 Å². The second kappa shape index (κ2) is 8.73. The zero-order valence-electron chi connectivity index (χ0n) is 14.2. The summed E-state index contributed by atoms with van der Waals surface area (Å²) in [7, 11) is 1.42. The van der Waals surface area contributed by atoms with Crippen LogP contribution in [0.1, 0.15) is 29.3 Å². The Morgan fingerprint density at radius 3 is 2.64 bits per heavy atom. The molecule has 1 amide bonds. The maximum atomic E-state index is 12.3. The summed E-state index contributed by atoms with van der Waals surface area (Å²) in [5.74, 6) is -0.252. The van der Waals surface area contributed by atoms with E-state index in [1.165, 1.54) is 25.3 Å². The minimum atomic E-state index is -1.06. The number of carbonyl (C=O) groups excluding carboxylic acids is 1. The molecule has 0 unspecified atom stereocenters. The standard InChI is InChI=1S/C19H21NO5/c1-3-9-25-15-6-4-5-13(10-15)11-18(21)20-16-8-7-14(19(22)23)12-17(16)24-2/h4-8,10,12H,3,9,11H2,1-2H3,(H,20,21)(H,22,23). The molecule has 0 saturated carbocycles. The number of carboxylic acids is 1. The monoisotopic (exact) mass is 343 g/mol. The van der Waals surface area contributed by atoms with Gasteiger partial charge in [-0.25, -0.2) is 4.79 Å². The molecule has 2 aromatic carbocycles. The van der Waals surface area contributed by atoms with E-state index in [0.717, 1.165) is 17.7 Å². The Balaban J connectivity index is 2.06. The first-order chi connectivity index (χ1) is 12.0. The molecule has 0 radical (unpaired) electrons. The van der Waals surface area contributed by atoms with E-state index in [-0.39, 0.29) is 17.9 Å². The van der Waals surface area contributed by atoms with Crippen LogP contribution in [0, 0.1) is 0 Å². The lowest BCUT2D eigenvalue weighted by atomic mass is 10.1. The van der Waals surface area contributed by atoms with Crippen molar-refractivity contribution >= 4 is 17.6 Å². The zero-order valence-corrected chi connectivity index (χ0v) is 14.2. The Bertz CT molecular complexity index is 757. The van der Waals surface area contributed by atoms with Gasteiger partial charge in [-0.2, -0.15) is 0 Å². The predicted octanol–water partition coefficient (Wildman–Crippen LogP) is 3.36. The summed E-state index contributed by atoms with van der Waals surface area (Å²) >= 11 is 0. The van der Waals surface area contributed by atoms with E-state index in [9.17, 15) is 9.59 Å². The molecule has 0 spiro atoms. The third kappa shape index (κ3) is 5.24. The van der Waals surface area contributed by atoms with Crippen LogP contribution in [0.5, 0.6) is 11.5 Å². The quantitative estimate of drug-likeness (QED) is 0.768. The van der Waals surface area contributed by atoms with Gasteiger partial charge in [0.2, 0.25) is 5.91 Å². The van der Waals surface area contributed by atoms with Crippen LogP contribution in [0.15, 0.2) is 42.5 Å². The molecule has 25 heavy (non-hydrogen) atoms. The van der Waals surface area contributed by atoms with Crippen LogP contribution >= 0.6 is 0 Å². The van der Waals surface area contributed by atoms with Gasteiger partial charge in [-0.3, -0.25) is 4.79 Å². The average molecular weight is 343 g/mol. The van der Waals surface area contributed by atoms with Gasteiger partial charge in [0.1, 0.15) is 11.5 Å². The maximum absolute atomic E-state index is 12.3. The second-order valence-corrected chi connectivity index (χ2v) is 5.44. The van der Waals surface area contributed by atoms with Crippen LogP contribution in [0.25, 0.3) is 0 Å². The Hall–Kier alpha value is -3.02. The fourth-order valence-electron chi connectivity index (χ4n) is 2.27. The molecule has 6 heteroatoms. The molecule has 6 nitrogen and oxygen atoms in total. The molecule has 0 bridgehead atoms. The smallest absolute Gasteiger partial charge is 0.335 e. The molecule has 0 atom stereocenters. The number of rotatable bonds is 8. The SMILES string of the molecule is CCCOc1cccc(CC(=O)Nc2ccc(C(=O)O)cc2OC)c1. The molecule has 2 aromatic rings. The van der Waals surface area contributed by atoms with Crippen molar-refractivity contribution < 1.29 is 24.2 Å². The first kappa shape index (κ1) is 18.3. The summed E-state index contributed by atoms with van der Waals surface area (Å²) < 4.78 is 10.7. The van der Waals surface area contributed by atoms with E-state index >= 15 is 0 Å². The number of amides is 1. The van der Waals surface area contributed by atoms with Gasteiger partial charge >= 0.3 is 5.97 Å². The van der Waals surface area contributed by atoms with E-state index in [0.29, 0.717) is 18.0 Å². The van der Waals surface area contributed by atoms with E-state index in [1.807, 2.05) is 31.2 Å². The lowest BCUT2D eigenvalue weighted by Gasteiger charge is -2.11. The van der Waals surface area contributed by atoms with Gasteiger partial charge in [0.05, 0.1) is 31.4 Å². The number of hydrogen-bond acceptors (Lipinski definition) is 4. The summed E-state index contributed by atoms with van der Waals surface area (Å²) in [5, 5.41) is 11.7. The molecule has 2 N–H and O–H groups in total. The Labute approximate surface area is 146 Å². The number of hydrogen-bond donors (Lipinski definition) is 2. The van der Waals surface area contributed by atoms with Crippen LogP contribution in [0.4, 0.5) is 5.69 Å². The highest BCUT2D eigenvalue weighted by molar-refractivity contribution is 5.95. The topological polar surface area (TPSA) is 84.9 Å². The van der Waals surface area contributed by atoms with Crippen LogP contribution in [0.3, 0.4) is 0 Å². The number of nitrogens with one attached hydrogen (secondary N) is 1. The van der Waals surface area contributed by atoms with Crippen LogP contribution < -0.4 is 14.8 Å². The lowest BCUT2D eigenvalue weighted by molar-refractivity contribution is -0.115. The Morgan fingerprint density at radius 2 is 1.96 bits per heavy atom. The molecular formula is C19H21NO5. The summed E-state index contributed by atoms with van der Waals surface area (Å²) in [5.41, 5.74) is 1.35. The van der Waals surface area contributed by atoms with Gasteiger partial charge in [-0.05, 0) is 42.3 Å². The summed E-state index contributed by atoms with van der Waals surface area (Å²) in [4.78, 5) is 23.3. The van der Waals surface area contributed by atoms with Crippen molar-refractivity contribution in [2.45, 2.75) is 19.8 Å². The normalized spacial score (nSPS) is 10.2. The zero-order chi connectivity index (χ0) is 18.2.